The normalized spacial score (nSPS) is 20.7. The van der Waals surface area contributed by atoms with Gasteiger partial charge in [0.15, 0.2) is 0 Å². The quantitative estimate of drug-likeness (QED) is 0.841. The molecule has 29 heavy (non-hydrogen) atoms. The lowest BCUT2D eigenvalue weighted by Crippen LogP contribution is -2.37. The fourth-order valence-corrected chi connectivity index (χ4v) is 4.09. The third-order valence-electron chi connectivity index (χ3n) is 5.63. The van der Waals surface area contributed by atoms with Gasteiger partial charge >= 0.3 is 5.97 Å². The lowest BCUT2D eigenvalue weighted by Gasteiger charge is -2.22. The molecule has 7 heteroatoms. The smallest absolute Gasteiger partial charge is 0.312 e. The molecule has 2 aromatic rings. The van der Waals surface area contributed by atoms with Crippen LogP contribution < -0.4 is 9.64 Å². The number of amides is 2. The minimum absolute atomic E-state index is 0.0681. The van der Waals surface area contributed by atoms with Crippen molar-refractivity contribution in [2.75, 3.05) is 25.1 Å². The third kappa shape index (κ3) is 3.55. The Morgan fingerprint density at radius 1 is 1.10 bits per heavy atom. The maximum absolute atomic E-state index is 13.1. The second-order valence-corrected chi connectivity index (χ2v) is 7.42. The molecule has 2 unspecified atom stereocenters. The summed E-state index contributed by atoms with van der Waals surface area (Å²) in [6, 6.07) is 14.6. The van der Waals surface area contributed by atoms with E-state index < -0.39 is 17.8 Å². The summed E-state index contributed by atoms with van der Waals surface area (Å²) in [4.78, 5) is 40.4. The number of carbonyl (C=O) groups excluding carboxylic acids is 2. The first-order valence-electron chi connectivity index (χ1n) is 9.51. The Hall–Kier alpha value is -3.35. The highest BCUT2D eigenvalue weighted by Crippen LogP contribution is 2.38. The van der Waals surface area contributed by atoms with Gasteiger partial charge in [-0.05, 0) is 29.3 Å². The Morgan fingerprint density at radius 2 is 1.83 bits per heavy atom. The number of carboxylic acids is 1. The van der Waals surface area contributed by atoms with Gasteiger partial charge in [-0.25, -0.2) is 0 Å². The zero-order valence-corrected chi connectivity index (χ0v) is 16.1. The van der Waals surface area contributed by atoms with Gasteiger partial charge < -0.3 is 19.6 Å². The van der Waals surface area contributed by atoms with Crippen LogP contribution in [0, 0.1) is 5.92 Å². The number of ether oxygens (including phenoxy) is 1. The van der Waals surface area contributed by atoms with Crippen LogP contribution >= 0.6 is 0 Å². The summed E-state index contributed by atoms with van der Waals surface area (Å²) < 4.78 is 5.15. The van der Waals surface area contributed by atoms with Gasteiger partial charge in [0.1, 0.15) is 11.7 Å². The summed E-state index contributed by atoms with van der Waals surface area (Å²) >= 11 is 0. The number of para-hydroxylation sites is 1. The molecule has 0 aromatic heterocycles. The Bertz CT molecular complexity index is 956. The zero-order chi connectivity index (χ0) is 20.5. The number of methoxy groups -OCH3 is 1. The summed E-state index contributed by atoms with van der Waals surface area (Å²) in [5.41, 5.74) is 2.24. The third-order valence-corrected chi connectivity index (χ3v) is 5.63. The molecule has 0 saturated carbocycles. The molecular weight excluding hydrogens is 372 g/mol. The fourth-order valence-electron chi connectivity index (χ4n) is 4.09. The molecule has 2 amide bonds. The molecule has 0 radical (unpaired) electrons. The van der Waals surface area contributed by atoms with Gasteiger partial charge in [-0.15, -0.1) is 0 Å². The monoisotopic (exact) mass is 394 g/mol. The molecule has 7 nitrogen and oxygen atoms in total. The lowest BCUT2D eigenvalue weighted by atomic mass is 10.0. The van der Waals surface area contributed by atoms with Gasteiger partial charge in [0.2, 0.25) is 11.8 Å². The Kier molecular flexibility index (Phi) is 4.96. The summed E-state index contributed by atoms with van der Waals surface area (Å²) in [5, 5.41) is 9.50. The van der Waals surface area contributed by atoms with E-state index in [0.717, 1.165) is 11.3 Å². The van der Waals surface area contributed by atoms with Crippen LogP contribution in [-0.4, -0.2) is 48.0 Å². The number of fused-ring (bicyclic) bond motifs is 1. The van der Waals surface area contributed by atoms with Crippen molar-refractivity contribution in [3.05, 3.63) is 59.7 Å². The van der Waals surface area contributed by atoms with E-state index >= 15 is 0 Å². The molecule has 2 aliphatic rings. The summed E-state index contributed by atoms with van der Waals surface area (Å²) in [7, 11) is 1.60. The largest absolute Gasteiger partial charge is 0.497 e. The Labute approximate surface area is 168 Å². The van der Waals surface area contributed by atoms with Gasteiger partial charge in [0, 0.05) is 31.7 Å². The van der Waals surface area contributed by atoms with Crippen molar-refractivity contribution < 1.29 is 24.2 Å². The second-order valence-electron chi connectivity index (χ2n) is 7.42. The van der Waals surface area contributed by atoms with Gasteiger partial charge in [-0.3, -0.25) is 14.4 Å². The molecule has 2 aromatic carbocycles. The molecule has 2 atom stereocenters. The maximum Gasteiger partial charge on any atom is 0.312 e. The van der Waals surface area contributed by atoms with Crippen LogP contribution in [0.3, 0.4) is 0 Å². The van der Waals surface area contributed by atoms with Crippen LogP contribution in [0.25, 0.3) is 0 Å². The second kappa shape index (κ2) is 7.58. The van der Waals surface area contributed by atoms with Crippen LogP contribution in [0.4, 0.5) is 5.69 Å². The first-order valence-corrected chi connectivity index (χ1v) is 9.51. The highest BCUT2D eigenvalue weighted by atomic mass is 16.5. The molecule has 2 aliphatic heterocycles. The van der Waals surface area contributed by atoms with E-state index in [4.69, 9.17) is 4.74 Å². The number of nitrogens with zero attached hydrogens (tertiary/aromatic N) is 2. The maximum atomic E-state index is 13.1. The van der Waals surface area contributed by atoms with Crippen LogP contribution in [0.5, 0.6) is 5.75 Å². The minimum Gasteiger partial charge on any atom is -0.497 e. The average Bonchev–Trinajstić information content (AvgIpc) is 3.29. The summed E-state index contributed by atoms with van der Waals surface area (Å²) in [5.74, 6) is -1.66. The molecule has 1 N–H and O–H groups in total. The van der Waals surface area contributed by atoms with Crippen molar-refractivity contribution in [3.63, 3.8) is 0 Å². The highest BCUT2D eigenvalue weighted by Gasteiger charge is 2.42. The average molecular weight is 394 g/mol. The van der Waals surface area contributed by atoms with Gasteiger partial charge in [-0.2, -0.15) is 0 Å². The predicted octanol–water partition coefficient (Wildman–Crippen LogP) is 2.26. The number of aliphatic carboxylic acids is 1. The molecular formula is C22H22N2O5. The zero-order valence-electron chi connectivity index (χ0n) is 16.1. The highest BCUT2D eigenvalue weighted by molar-refractivity contribution is 6.02. The number of carboxylic acid groups (broad SMARTS) is 1. The van der Waals surface area contributed by atoms with Crippen LogP contribution in [0.1, 0.15) is 23.5 Å². The molecule has 0 spiro atoms. The fraction of sp³-hybridized carbons (Fsp3) is 0.318. The Morgan fingerprint density at radius 3 is 2.52 bits per heavy atom. The number of benzene rings is 2. The number of carbonyl (C=O) groups is 3. The number of hydrogen-bond donors (Lipinski definition) is 1. The van der Waals surface area contributed by atoms with Crippen molar-refractivity contribution in [2.45, 2.75) is 18.9 Å². The topological polar surface area (TPSA) is 87.2 Å². The lowest BCUT2D eigenvalue weighted by molar-refractivity contribution is -0.138. The van der Waals surface area contributed by atoms with Gasteiger partial charge in [0.05, 0.1) is 13.0 Å². The Balaban J connectivity index is 1.47. The van der Waals surface area contributed by atoms with Crippen LogP contribution in [0.15, 0.2) is 48.5 Å². The van der Waals surface area contributed by atoms with Crippen LogP contribution in [-0.2, 0) is 20.9 Å². The standard InChI is InChI=1S/C22H22N2O5/c1-29-16-8-6-14(7-9-16)11-23-12-15(10-20(23)25)21(26)24-13-18(22(27)28)17-4-2-3-5-19(17)24/h2-9,15,18H,10-13H2,1H3,(H,27,28). The molecule has 1 saturated heterocycles. The van der Waals surface area contributed by atoms with Crippen molar-refractivity contribution in [1.82, 2.24) is 4.90 Å². The summed E-state index contributed by atoms with van der Waals surface area (Å²) in [6.07, 6.45) is 0.144. The van der Waals surface area contributed by atoms with Crippen molar-refractivity contribution in [2.24, 2.45) is 5.92 Å². The number of likely N-dealkylation sites (tertiary alicyclic amines) is 1. The number of anilines is 1. The molecule has 2 heterocycles. The SMILES string of the molecule is COc1ccc(CN2CC(C(=O)N3CC(C(=O)O)c4ccccc43)CC2=O)cc1. The number of hydrogen-bond acceptors (Lipinski definition) is 4. The first-order chi connectivity index (χ1) is 14.0. The first kappa shape index (κ1) is 19.0. The van der Waals surface area contributed by atoms with E-state index in [2.05, 4.69) is 0 Å². The minimum atomic E-state index is -0.948. The van der Waals surface area contributed by atoms with Crippen molar-refractivity contribution in [3.8, 4) is 5.75 Å². The van der Waals surface area contributed by atoms with Crippen molar-refractivity contribution >= 4 is 23.5 Å². The molecule has 0 aliphatic carbocycles. The van der Waals surface area contributed by atoms with E-state index in [1.54, 1.807) is 36.3 Å². The molecule has 150 valence electrons. The van der Waals surface area contributed by atoms with E-state index in [1.807, 2.05) is 24.3 Å². The van der Waals surface area contributed by atoms with Crippen molar-refractivity contribution in [1.29, 1.82) is 0 Å². The number of rotatable bonds is 5. The van der Waals surface area contributed by atoms with E-state index in [1.165, 1.54) is 4.90 Å². The van der Waals surface area contributed by atoms with E-state index in [-0.39, 0.29) is 24.8 Å². The van der Waals surface area contributed by atoms with Crippen LogP contribution in [0.2, 0.25) is 0 Å². The molecule has 0 bridgehead atoms. The van der Waals surface area contributed by atoms with Gasteiger partial charge in [0.25, 0.3) is 0 Å². The molecule has 1 fully saturated rings. The van der Waals surface area contributed by atoms with Gasteiger partial charge in [-0.1, -0.05) is 30.3 Å². The van der Waals surface area contributed by atoms with E-state index in [0.29, 0.717) is 24.3 Å². The molecule has 4 rings (SSSR count). The predicted molar refractivity (Wildman–Crippen MR) is 106 cm³/mol. The van der Waals surface area contributed by atoms with E-state index in [9.17, 15) is 19.5 Å². The summed E-state index contributed by atoms with van der Waals surface area (Å²) in [6.45, 7) is 0.873.